The molecule has 0 atom stereocenters. The van der Waals surface area contributed by atoms with E-state index in [4.69, 9.17) is 4.42 Å². The van der Waals surface area contributed by atoms with E-state index in [0.717, 1.165) is 78.2 Å². The number of para-hydroxylation sites is 1. The normalized spacial score (nSPS) is 12.7. The number of benzene rings is 9. The van der Waals surface area contributed by atoms with Crippen LogP contribution >= 0.6 is 0 Å². The van der Waals surface area contributed by atoms with E-state index in [-0.39, 0.29) is 96.7 Å². The van der Waals surface area contributed by atoms with Gasteiger partial charge in [0.25, 0.3) is 0 Å². The van der Waals surface area contributed by atoms with Crippen molar-refractivity contribution in [1.82, 2.24) is 24.9 Å². The van der Waals surface area contributed by atoms with Crippen LogP contribution in [0.15, 0.2) is 284 Å². The first kappa shape index (κ1) is 73.8. The van der Waals surface area contributed by atoms with Crippen molar-refractivity contribution in [3.8, 4) is 89.7 Å². The Morgan fingerprint density at radius 2 is 0.760 bits per heavy atom. The van der Waals surface area contributed by atoms with Crippen molar-refractivity contribution in [2.45, 2.75) is 71.6 Å². The van der Waals surface area contributed by atoms with Crippen LogP contribution in [0.1, 0.15) is 86.1 Å². The SMILES string of the molecule is CC1(C)c2ccccc2-c2c[c-]c(-c3ccccn3)cc21.Cc1cccnc1-c1[c-]cc2c(c1)C(C)(C)c1ccccc1-2.Cc1ccnc(-c2[c-]cc3c(c2)C(C)(C)c2ccccc2-3)c1.[Ir].[Ir].[Ir].[Ir].[c-]1ccc2c(oc3ccccc32)c1-c1ccccn1.[c-]1ccccc1-c1ccccn1. The zero-order valence-electron chi connectivity index (χ0n) is 56.5. The van der Waals surface area contributed by atoms with E-state index in [1.54, 1.807) is 12.4 Å². The maximum atomic E-state index is 5.97. The van der Waals surface area contributed by atoms with E-state index in [9.17, 15) is 0 Å². The standard InChI is InChI=1S/2C21H18N.C20H16N.C17H10NO.C11H8N.4Ir/c1-14-7-6-12-22-20(14)15-10-11-17-16-8-4-5-9-18(16)21(2,3)19(17)13-15;1-14-10-11-22-20(12-14)15-8-9-17-16-6-4-5-7-18(16)21(2,3)19(17)13-15;1-20(2)17-8-4-3-7-15(17)16-11-10-14(13-18(16)20)19-9-5-6-12-21-19;1-2-10-16-12(6-1)13-7-5-8-14(17(13)19-16)15-9-3-4-11-18-15;1-2-6-10(7-3-1)11-8-4-5-9-12-11;;;;/h4-9,11-13H,1-3H3;4-7,9-13H,1-3H3;3-9,11-13H,1-2H3;1-7,9-11H;1-6,8-9H;;;;/q5*-1;;;;. The molecule has 18 rings (SSSR count). The van der Waals surface area contributed by atoms with Gasteiger partial charge in [-0.25, -0.2) is 0 Å². The fourth-order valence-electron chi connectivity index (χ4n) is 13.8. The first-order valence-electron chi connectivity index (χ1n) is 32.6. The second kappa shape index (κ2) is 31.8. The summed E-state index contributed by atoms with van der Waals surface area (Å²) in [6, 6.07) is 102. The van der Waals surface area contributed by atoms with Crippen molar-refractivity contribution >= 4 is 21.9 Å². The molecule has 0 saturated carbocycles. The summed E-state index contributed by atoms with van der Waals surface area (Å²) in [6.45, 7) is 18.0. The molecule has 6 nitrogen and oxygen atoms in total. The minimum Gasteiger partial charge on any atom is -0.501 e. The van der Waals surface area contributed by atoms with E-state index in [1.807, 2.05) is 140 Å². The van der Waals surface area contributed by atoms with Gasteiger partial charge in [-0.05, 0) is 112 Å². The number of rotatable bonds is 5. The monoisotopic (exact) mass is 2010 g/mol. The molecule has 4 radical (unpaired) electrons. The van der Waals surface area contributed by atoms with E-state index in [1.165, 1.54) is 77.9 Å². The zero-order chi connectivity index (χ0) is 66.0. The van der Waals surface area contributed by atoms with Crippen molar-refractivity contribution < 1.29 is 84.8 Å². The van der Waals surface area contributed by atoms with Crippen LogP contribution < -0.4 is 0 Å². The third kappa shape index (κ3) is 14.7. The van der Waals surface area contributed by atoms with E-state index in [0.29, 0.717) is 0 Å². The van der Waals surface area contributed by atoms with Gasteiger partial charge < -0.3 is 29.3 Å². The van der Waals surface area contributed by atoms with E-state index >= 15 is 0 Å². The Morgan fingerprint density at radius 3 is 1.27 bits per heavy atom. The number of fused-ring (bicyclic) bond motifs is 12. The molecule has 0 fully saturated rings. The van der Waals surface area contributed by atoms with Crippen LogP contribution in [-0.2, 0) is 96.7 Å². The summed E-state index contributed by atoms with van der Waals surface area (Å²) in [6.07, 6.45) is 9.12. The van der Waals surface area contributed by atoms with Crippen LogP contribution in [0.25, 0.3) is 112 Å². The fraction of sp³-hybridized carbons (Fsp3) is 0.122. The summed E-state index contributed by atoms with van der Waals surface area (Å²) in [4.78, 5) is 22.1. The molecular weight excluding hydrogens is 1940 g/mol. The molecule has 0 N–H and O–H groups in total. The van der Waals surface area contributed by atoms with Gasteiger partial charge >= 0.3 is 0 Å². The molecule has 15 aromatic rings. The van der Waals surface area contributed by atoms with Gasteiger partial charge in [0, 0.05) is 117 Å². The summed E-state index contributed by atoms with van der Waals surface area (Å²) in [5.41, 5.74) is 30.5. The molecule has 3 aliphatic rings. The number of hydrogen-bond donors (Lipinski definition) is 0. The van der Waals surface area contributed by atoms with Crippen molar-refractivity contribution in [1.29, 1.82) is 0 Å². The Morgan fingerprint density at radius 1 is 0.310 bits per heavy atom. The molecule has 3 aliphatic carbocycles. The van der Waals surface area contributed by atoms with Crippen molar-refractivity contribution in [2.75, 3.05) is 0 Å². The Balaban J connectivity index is 0.000000135. The number of aromatic nitrogens is 5. The minimum absolute atomic E-state index is 0. The zero-order valence-corrected chi connectivity index (χ0v) is 66.1. The Bertz CT molecular complexity index is 5270. The number of pyridine rings is 5. The van der Waals surface area contributed by atoms with Crippen LogP contribution in [0.2, 0.25) is 0 Å². The largest absolute Gasteiger partial charge is 0.501 e. The van der Waals surface area contributed by atoms with Crippen LogP contribution in [-0.4, -0.2) is 24.9 Å². The molecule has 0 unspecified atom stereocenters. The maximum absolute atomic E-state index is 5.97. The number of nitrogens with zero attached hydrogens (tertiary/aromatic N) is 5. The van der Waals surface area contributed by atoms with Gasteiger partial charge in [0.1, 0.15) is 5.58 Å². The first-order chi connectivity index (χ1) is 46.7. The van der Waals surface area contributed by atoms with Crippen LogP contribution in [0, 0.1) is 44.2 Å². The predicted octanol–water partition coefficient (Wildman–Crippen LogP) is 22.2. The molecule has 9 aromatic carbocycles. The molecule has 6 heterocycles. The van der Waals surface area contributed by atoms with Gasteiger partial charge in [-0.15, -0.1) is 142 Å². The van der Waals surface area contributed by atoms with Gasteiger partial charge in [0.15, 0.2) is 0 Å². The molecule has 10 heteroatoms. The Labute approximate surface area is 641 Å². The number of hydrogen-bond acceptors (Lipinski definition) is 6. The van der Waals surface area contributed by atoms with Gasteiger partial charge in [0.05, 0.1) is 5.58 Å². The third-order valence-corrected chi connectivity index (χ3v) is 18.9. The van der Waals surface area contributed by atoms with Crippen molar-refractivity contribution in [3.05, 3.63) is 355 Å². The number of aryl methyl sites for hydroxylation is 2. The molecule has 502 valence electrons. The summed E-state index contributed by atoms with van der Waals surface area (Å²) in [7, 11) is 0. The molecule has 0 amide bonds. The molecule has 0 aliphatic heterocycles. The smallest absolute Gasteiger partial charge is 0.120 e. The summed E-state index contributed by atoms with van der Waals surface area (Å²) in [5, 5.41) is 2.23. The quantitative estimate of drug-likeness (QED) is 0.160. The molecular formula is C90H70Ir4N5O-5. The summed E-state index contributed by atoms with van der Waals surface area (Å²) < 4.78 is 5.97. The molecule has 6 aromatic heterocycles. The Hall–Kier alpha value is -8.87. The van der Waals surface area contributed by atoms with Crippen molar-refractivity contribution in [2.24, 2.45) is 0 Å². The van der Waals surface area contributed by atoms with Gasteiger partial charge in [-0.3, -0.25) is 0 Å². The average molecular weight is 2010 g/mol. The average Bonchev–Trinajstić information content (AvgIpc) is 1.60. The number of furan rings is 1. The molecule has 0 spiro atoms. The van der Waals surface area contributed by atoms with Crippen LogP contribution in [0.4, 0.5) is 0 Å². The molecule has 100 heavy (non-hydrogen) atoms. The fourth-order valence-corrected chi connectivity index (χ4v) is 13.8. The second-order valence-electron chi connectivity index (χ2n) is 26.0. The molecule has 0 bridgehead atoms. The van der Waals surface area contributed by atoms with Crippen LogP contribution in [0.5, 0.6) is 0 Å². The summed E-state index contributed by atoms with van der Waals surface area (Å²) in [5.74, 6) is 0. The van der Waals surface area contributed by atoms with E-state index < -0.39 is 0 Å². The van der Waals surface area contributed by atoms with Gasteiger partial charge in [-0.2, -0.15) is 0 Å². The van der Waals surface area contributed by atoms with Gasteiger partial charge in [0.2, 0.25) is 0 Å². The van der Waals surface area contributed by atoms with E-state index in [2.05, 4.69) is 238 Å². The predicted molar refractivity (Wildman–Crippen MR) is 392 cm³/mol. The maximum Gasteiger partial charge on any atom is 0.120 e. The Kier molecular flexibility index (Phi) is 23.5. The first-order valence-corrected chi connectivity index (χ1v) is 32.6. The third-order valence-electron chi connectivity index (χ3n) is 18.9. The topological polar surface area (TPSA) is 77.6 Å². The second-order valence-corrected chi connectivity index (χ2v) is 26.0. The minimum atomic E-state index is 0. The van der Waals surface area contributed by atoms with Crippen LogP contribution in [0.3, 0.4) is 0 Å². The molecule has 0 saturated heterocycles. The van der Waals surface area contributed by atoms with Crippen molar-refractivity contribution in [3.63, 3.8) is 0 Å². The van der Waals surface area contributed by atoms with Gasteiger partial charge in [-0.1, -0.05) is 237 Å². The summed E-state index contributed by atoms with van der Waals surface area (Å²) >= 11 is 0.